The fraction of sp³-hybridized carbons (Fsp3) is 0.800. The Balaban J connectivity index is 2.67. The van der Waals surface area contributed by atoms with Crippen molar-refractivity contribution in [3.63, 3.8) is 0 Å². The van der Waals surface area contributed by atoms with E-state index in [9.17, 15) is 8.42 Å². The van der Waals surface area contributed by atoms with Crippen LogP contribution in [0.3, 0.4) is 0 Å². The zero-order chi connectivity index (χ0) is 7.61. The minimum atomic E-state index is -3.84. The van der Waals surface area contributed by atoms with E-state index in [2.05, 4.69) is 4.99 Å². The Morgan fingerprint density at radius 1 is 1.60 bits per heavy atom. The van der Waals surface area contributed by atoms with Gasteiger partial charge in [0, 0.05) is 0 Å². The van der Waals surface area contributed by atoms with Gasteiger partial charge in [0.1, 0.15) is 5.25 Å². The van der Waals surface area contributed by atoms with E-state index < -0.39 is 15.4 Å². The number of nitrogens with zero attached hydrogens (tertiary/aromatic N) is 1. The Kier molecular flexibility index (Phi) is 2.05. The van der Waals surface area contributed by atoms with Crippen molar-refractivity contribution in [3.8, 4) is 0 Å². The highest BCUT2D eigenvalue weighted by Gasteiger charge is 2.23. The Labute approximate surface area is 59.7 Å². The van der Waals surface area contributed by atoms with Gasteiger partial charge in [0.25, 0.3) is 10.1 Å². The molecule has 0 aromatic carbocycles. The largest absolute Gasteiger partial charge is 0.296 e. The molecule has 1 heterocycles. The van der Waals surface area contributed by atoms with Gasteiger partial charge < -0.3 is 0 Å². The molecule has 0 bridgehead atoms. The average Bonchev–Trinajstić information content (AvgIpc) is 1.88. The van der Waals surface area contributed by atoms with Crippen LogP contribution in [0.5, 0.6) is 0 Å². The summed E-state index contributed by atoms with van der Waals surface area (Å²) in [6.07, 6.45) is 2.81. The van der Waals surface area contributed by atoms with Gasteiger partial charge in [0.15, 0.2) is 0 Å². The Morgan fingerprint density at radius 3 is 2.60 bits per heavy atom. The van der Waals surface area contributed by atoms with E-state index in [1.54, 1.807) is 6.21 Å². The van der Waals surface area contributed by atoms with Crippen molar-refractivity contribution in [2.45, 2.75) is 18.1 Å². The highest BCUT2D eigenvalue weighted by atomic mass is 32.2. The van der Waals surface area contributed by atoms with Gasteiger partial charge >= 0.3 is 0 Å². The molecule has 1 unspecified atom stereocenters. The summed E-state index contributed by atoms with van der Waals surface area (Å²) in [5, 5.41) is -0.669. The second-order valence-corrected chi connectivity index (χ2v) is 3.96. The van der Waals surface area contributed by atoms with Gasteiger partial charge in [0.2, 0.25) is 0 Å². The molecular weight excluding hydrogens is 154 g/mol. The molecule has 10 heavy (non-hydrogen) atoms. The van der Waals surface area contributed by atoms with Crippen LogP contribution in [0.1, 0.15) is 12.8 Å². The fourth-order valence-corrected chi connectivity index (χ4v) is 1.59. The molecular formula is C5H9NO3S. The van der Waals surface area contributed by atoms with E-state index in [0.717, 1.165) is 0 Å². The molecule has 0 aliphatic carbocycles. The molecule has 0 spiro atoms. The predicted molar refractivity (Wildman–Crippen MR) is 37.9 cm³/mol. The summed E-state index contributed by atoms with van der Waals surface area (Å²) in [4.78, 5) is 3.76. The van der Waals surface area contributed by atoms with E-state index in [1.807, 2.05) is 0 Å². The minimum Gasteiger partial charge on any atom is -0.296 e. The maximum absolute atomic E-state index is 10.5. The van der Waals surface area contributed by atoms with Crippen molar-refractivity contribution < 1.29 is 13.0 Å². The normalized spacial score (nSPS) is 26.7. The molecule has 0 amide bonds. The summed E-state index contributed by atoms with van der Waals surface area (Å²) in [6.45, 7) is 0.207. The topological polar surface area (TPSA) is 66.7 Å². The van der Waals surface area contributed by atoms with E-state index in [0.29, 0.717) is 12.8 Å². The van der Waals surface area contributed by atoms with Crippen molar-refractivity contribution in [1.82, 2.24) is 0 Å². The first-order valence-electron chi connectivity index (χ1n) is 3.05. The van der Waals surface area contributed by atoms with Crippen molar-refractivity contribution >= 4 is 16.3 Å². The first-order chi connectivity index (χ1) is 4.61. The van der Waals surface area contributed by atoms with Crippen LogP contribution in [0, 0.1) is 0 Å². The second kappa shape index (κ2) is 2.67. The Bertz CT molecular complexity index is 231. The summed E-state index contributed by atoms with van der Waals surface area (Å²) >= 11 is 0. The predicted octanol–water partition coefficient (Wildman–Crippen LogP) is 0.107. The molecule has 0 saturated heterocycles. The first kappa shape index (κ1) is 7.68. The molecule has 1 aliphatic heterocycles. The number of hydrogen-bond acceptors (Lipinski definition) is 3. The molecule has 1 atom stereocenters. The first-order valence-corrected chi connectivity index (χ1v) is 4.55. The lowest BCUT2D eigenvalue weighted by atomic mass is 10.2. The smallest absolute Gasteiger partial charge is 0.269 e. The number of hydrogen-bond donors (Lipinski definition) is 1. The highest BCUT2D eigenvalue weighted by Crippen LogP contribution is 2.10. The summed E-state index contributed by atoms with van der Waals surface area (Å²) in [5.41, 5.74) is 0. The van der Waals surface area contributed by atoms with Gasteiger partial charge in [-0.15, -0.1) is 0 Å². The third kappa shape index (κ3) is 1.78. The van der Waals surface area contributed by atoms with Crippen LogP contribution in [-0.4, -0.2) is 31.0 Å². The molecule has 0 fully saturated rings. The van der Waals surface area contributed by atoms with E-state index in [1.165, 1.54) is 0 Å². The molecule has 58 valence electrons. The van der Waals surface area contributed by atoms with Crippen LogP contribution in [0.15, 0.2) is 4.99 Å². The van der Waals surface area contributed by atoms with Crippen LogP contribution in [-0.2, 0) is 10.1 Å². The minimum absolute atomic E-state index is 0.207. The molecule has 1 N–H and O–H groups in total. The summed E-state index contributed by atoms with van der Waals surface area (Å²) < 4.78 is 29.5. The Morgan fingerprint density at radius 2 is 2.30 bits per heavy atom. The highest BCUT2D eigenvalue weighted by molar-refractivity contribution is 7.86. The third-order valence-corrected chi connectivity index (χ3v) is 2.70. The second-order valence-electron chi connectivity index (χ2n) is 2.26. The summed E-state index contributed by atoms with van der Waals surface area (Å²) in [6, 6.07) is 0. The van der Waals surface area contributed by atoms with Gasteiger partial charge in [-0.25, -0.2) is 0 Å². The lowest BCUT2D eigenvalue weighted by Crippen LogP contribution is -2.26. The zero-order valence-electron chi connectivity index (χ0n) is 5.40. The van der Waals surface area contributed by atoms with Crippen LogP contribution < -0.4 is 0 Å². The van der Waals surface area contributed by atoms with E-state index in [4.69, 9.17) is 4.55 Å². The maximum atomic E-state index is 10.5. The van der Waals surface area contributed by atoms with Gasteiger partial charge in [-0.1, -0.05) is 0 Å². The van der Waals surface area contributed by atoms with Crippen LogP contribution in [0.25, 0.3) is 0 Å². The fourth-order valence-electron chi connectivity index (χ4n) is 0.878. The van der Waals surface area contributed by atoms with Gasteiger partial charge in [-0.2, -0.15) is 8.42 Å². The van der Waals surface area contributed by atoms with Crippen LogP contribution >= 0.6 is 0 Å². The SMILES string of the molecule is O=S(=O)(O)C1CCC=NC1. The third-order valence-electron chi connectivity index (χ3n) is 1.48. The lowest BCUT2D eigenvalue weighted by Gasteiger charge is -2.12. The number of aliphatic imine (C=N–C) groups is 1. The summed E-state index contributed by atoms with van der Waals surface area (Å²) in [5.74, 6) is 0. The molecule has 1 aliphatic rings. The monoisotopic (exact) mass is 163 g/mol. The van der Waals surface area contributed by atoms with Gasteiger partial charge in [-0.05, 0) is 19.1 Å². The number of rotatable bonds is 1. The van der Waals surface area contributed by atoms with Crippen molar-refractivity contribution in [3.05, 3.63) is 0 Å². The van der Waals surface area contributed by atoms with Crippen molar-refractivity contribution in [2.75, 3.05) is 6.54 Å². The van der Waals surface area contributed by atoms with Crippen molar-refractivity contribution in [1.29, 1.82) is 0 Å². The lowest BCUT2D eigenvalue weighted by molar-refractivity contribution is 0.462. The van der Waals surface area contributed by atoms with Crippen LogP contribution in [0.2, 0.25) is 0 Å². The zero-order valence-corrected chi connectivity index (χ0v) is 6.21. The molecule has 4 nitrogen and oxygen atoms in total. The molecule has 0 radical (unpaired) electrons. The molecule has 1 rings (SSSR count). The average molecular weight is 163 g/mol. The van der Waals surface area contributed by atoms with Crippen LogP contribution in [0.4, 0.5) is 0 Å². The molecule has 0 aromatic rings. The van der Waals surface area contributed by atoms with Gasteiger partial charge in [-0.3, -0.25) is 9.55 Å². The molecule has 5 heteroatoms. The molecule has 0 aromatic heterocycles. The standard InChI is InChI=1S/C5H9NO3S/c7-10(8,9)5-2-1-3-6-4-5/h3,5H,1-2,4H2,(H,7,8,9). The molecule has 0 saturated carbocycles. The van der Waals surface area contributed by atoms with E-state index >= 15 is 0 Å². The Hall–Kier alpha value is -0.420. The summed E-state index contributed by atoms with van der Waals surface area (Å²) in [7, 11) is -3.84. The quantitative estimate of drug-likeness (QED) is 0.558. The maximum Gasteiger partial charge on any atom is 0.269 e. The van der Waals surface area contributed by atoms with Crippen molar-refractivity contribution in [2.24, 2.45) is 4.99 Å². The van der Waals surface area contributed by atoms with E-state index in [-0.39, 0.29) is 6.54 Å². The van der Waals surface area contributed by atoms with Gasteiger partial charge in [0.05, 0.1) is 6.54 Å².